The van der Waals surface area contributed by atoms with Crippen molar-refractivity contribution in [3.05, 3.63) is 96.2 Å². The van der Waals surface area contributed by atoms with Crippen LogP contribution in [0, 0.1) is 0 Å². The van der Waals surface area contributed by atoms with E-state index in [-0.39, 0.29) is 18.2 Å². The number of nitrogens with one attached hydrogen (secondary N) is 1. The first kappa shape index (κ1) is 15.6. The highest BCUT2D eigenvalue weighted by Crippen LogP contribution is 2.06. The van der Waals surface area contributed by atoms with Gasteiger partial charge in [0.05, 0.1) is 11.8 Å². The Hall–Kier alpha value is -3.27. The van der Waals surface area contributed by atoms with Gasteiger partial charge in [0, 0.05) is 11.6 Å². The zero-order valence-corrected chi connectivity index (χ0v) is 13.1. The fraction of sp³-hybridized carbons (Fsp3) is 0.0500. The van der Waals surface area contributed by atoms with Gasteiger partial charge in [0.25, 0.3) is 5.82 Å². The number of carbonyl (C=O) groups excluding carboxylic acids is 2. The molecule has 3 rings (SSSR count). The first-order valence-corrected chi connectivity index (χ1v) is 7.67. The summed E-state index contributed by atoms with van der Waals surface area (Å²) in [7, 11) is 0. The lowest BCUT2D eigenvalue weighted by Gasteiger charge is -2.06. The number of carbonyl (C=O) groups is 2. The Morgan fingerprint density at radius 1 is 0.750 bits per heavy atom. The van der Waals surface area contributed by atoms with Gasteiger partial charge in [0.1, 0.15) is 0 Å². The van der Waals surface area contributed by atoms with Crippen molar-refractivity contribution < 1.29 is 14.2 Å². The number of ketones is 1. The van der Waals surface area contributed by atoms with Gasteiger partial charge < -0.3 is 0 Å². The smallest absolute Gasteiger partial charge is 0.290 e. The quantitative estimate of drug-likeness (QED) is 0.581. The number of pyridine rings is 1. The van der Waals surface area contributed by atoms with Crippen LogP contribution in [0.5, 0.6) is 0 Å². The molecule has 0 atom stereocenters. The highest BCUT2D eigenvalue weighted by Gasteiger charge is 2.17. The van der Waals surface area contributed by atoms with Crippen LogP contribution in [0.1, 0.15) is 20.7 Å². The first-order valence-electron chi connectivity index (χ1n) is 7.67. The van der Waals surface area contributed by atoms with Gasteiger partial charge in [-0.25, -0.2) is 14.7 Å². The fourth-order valence-electron chi connectivity index (χ4n) is 2.38. The summed E-state index contributed by atoms with van der Waals surface area (Å²) in [6, 6.07) is 23.5. The number of aromatic nitrogens is 1. The molecule has 1 aromatic heterocycles. The van der Waals surface area contributed by atoms with E-state index in [0.717, 1.165) is 0 Å². The third-order valence-electron chi connectivity index (χ3n) is 3.63. The summed E-state index contributed by atoms with van der Waals surface area (Å²) in [6.45, 7) is 0.162. The molecule has 0 aliphatic heterocycles. The fourth-order valence-corrected chi connectivity index (χ4v) is 2.38. The molecule has 2 aromatic carbocycles. The molecule has 24 heavy (non-hydrogen) atoms. The van der Waals surface area contributed by atoms with Gasteiger partial charge in [0.15, 0.2) is 6.54 Å². The SMILES string of the molecule is O=C(C[n+]1ccccc1NC(=O)c1ccccc1)c1ccccc1. The molecule has 0 saturated carbocycles. The van der Waals surface area contributed by atoms with Gasteiger partial charge in [-0.05, 0) is 18.2 Å². The van der Waals surface area contributed by atoms with E-state index < -0.39 is 0 Å². The average molecular weight is 317 g/mol. The molecule has 118 valence electrons. The minimum absolute atomic E-state index is 0.0120. The number of hydrogen-bond donors (Lipinski definition) is 1. The standard InChI is InChI=1S/C20H16N2O2/c23-18(16-9-3-1-4-10-16)15-22-14-8-7-13-19(22)21-20(24)17-11-5-2-6-12-17/h1-14H,15H2/p+1. The first-order chi connectivity index (χ1) is 11.7. The van der Waals surface area contributed by atoms with E-state index in [4.69, 9.17) is 0 Å². The maximum absolute atomic E-state index is 12.4. The van der Waals surface area contributed by atoms with Gasteiger partial charge in [-0.1, -0.05) is 54.6 Å². The van der Waals surface area contributed by atoms with E-state index in [1.54, 1.807) is 41.1 Å². The normalized spacial score (nSPS) is 10.2. The average Bonchev–Trinajstić information content (AvgIpc) is 2.64. The molecule has 1 heterocycles. The van der Waals surface area contributed by atoms with E-state index >= 15 is 0 Å². The summed E-state index contributed by atoms with van der Waals surface area (Å²) < 4.78 is 1.73. The lowest BCUT2D eigenvalue weighted by atomic mass is 10.1. The van der Waals surface area contributed by atoms with Crippen molar-refractivity contribution in [1.82, 2.24) is 0 Å². The topological polar surface area (TPSA) is 50.0 Å². The van der Waals surface area contributed by atoms with Gasteiger partial charge >= 0.3 is 5.91 Å². The number of hydrogen-bond acceptors (Lipinski definition) is 2. The Morgan fingerprint density at radius 2 is 1.33 bits per heavy atom. The molecule has 0 spiro atoms. The van der Waals surface area contributed by atoms with Gasteiger partial charge in [0.2, 0.25) is 5.78 Å². The third kappa shape index (κ3) is 3.73. The molecule has 0 aliphatic carbocycles. The number of anilines is 1. The molecule has 0 saturated heterocycles. The van der Waals surface area contributed by atoms with Crippen molar-refractivity contribution in [3.8, 4) is 0 Å². The molecule has 3 aromatic rings. The van der Waals surface area contributed by atoms with Crippen LogP contribution in [-0.4, -0.2) is 11.7 Å². The second-order valence-electron chi connectivity index (χ2n) is 5.32. The van der Waals surface area contributed by atoms with Crippen molar-refractivity contribution in [2.75, 3.05) is 5.32 Å². The minimum Gasteiger partial charge on any atom is -0.290 e. The maximum Gasteiger partial charge on any atom is 0.339 e. The van der Waals surface area contributed by atoms with Gasteiger partial charge in [-0.3, -0.25) is 4.79 Å². The number of Topliss-reactive ketones (excluding diaryl/α,β-unsaturated/α-hetero) is 1. The monoisotopic (exact) mass is 317 g/mol. The van der Waals surface area contributed by atoms with Crippen LogP contribution in [0.4, 0.5) is 5.82 Å². The molecular weight excluding hydrogens is 300 g/mol. The van der Waals surface area contributed by atoms with Crippen molar-refractivity contribution in [1.29, 1.82) is 0 Å². The van der Waals surface area contributed by atoms with Crippen LogP contribution in [0.3, 0.4) is 0 Å². The molecule has 0 aliphatic rings. The highest BCUT2D eigenvalue weighted by atomic mass is 16.2. The number of rotatable bonds is 5. The van der Waals surface area contributed by atoms with Gasteiger partial charge in [-0.15, -0.1) is 0 Å². The molecule has 1 amide bonds. The lowest BCUT2D eigenvalue weighted by Crippen LogP contribution is -2.41. The lowest BCUT2D eigenvalue weighted by molar-refractivity contribution is -0.668. The van der Waals surface area contributed by atoms with Gasteiger partial charge in [-0.2, -0.15) is 0 Å². The van der Waals surface area contributed by atoms with Crippen LogP contribution >= 0.6 is 0 Å². The molecular formula is C20H17N2O2+. The van der Waals surface area contributed by atoms with Crippen molar-refractivity contribution in [2.45, 2.75) is 6.54 Å². The summed E-state index contributed by atoms with van der Waals surface area (Å²) in [6.07, 6.45) is 1.78. The van der Waals surface area contributed by atoms with Crippen LogP contribution < -0.4 is 9.88 Å². The molecule has 0 bridgehead atoms. The zero-order valence-electron chi connectivity index (χ0n) is 13.1. The van der Waals surface area contributed by atoms with Crippen LogP contribution in [0.2, 0.25) is 0 Å². The van der Waals surface area contributed by atoms with E-state index in [9.17, 15) is 9.59 Å². The largest absolute Gasteiger partial charge is 0.339 e. The molecule has 1 N–H and O–H groups in total. The predicted octanol–water partition coefficient (Wildman–Crippen LogP) is 3.11. The maximum atomic E-state index is 12.4. The number of benzene rings is 2. The Labute approximate surface area is 140 Å². The zero-order chi connectivity index (χ0) is 16.8. The second-order valence-corrected chi connectivity index (χ2v) is 5.32. The molecule has 0 radical (unpaired) electrons. The van der Waals surface area contributed by atoms with Crippen LogP contribution in [0.15, 0.2) is 85.1 Å². The van der Waals surface area contributed by atoms with Crippen LogP contribution in [-0.2, 0) is 6.54 Å². The van der Waals surface area contributed by atoms with E-state index in [2.05, 4.69) is 5.32 Å². The summed E-state index contributed by atoms with van der Waals surface area (Å²) in [5.74, 6) is 0.361. The molecule has 4 heteroatoms. The summed E-state index contributed by atoms with van der Waals surface area (Å²) >= 11 is 0. The van der Waals surface area contributed by atoms with Crippen molar-refractivity contribution >= 4 is 17.5 Å². The Balaban J connectivity index is 1.78. The highest BCUT2D eigenvalue weighted by molar-refractivity contribution is 6.03. The second kappa shape index (κ2) is 7.33. The Bertz CT molecular complexity index is 773. The molecule has 0 unspecified atom stereocenters. The molecule has 0 fully saturated rings. The molecule has 4 nitrogen and oxygen atoms in total. The summed E-state index contributed by atoms with van der Waals surface area (Å²) in [5.41, 5.74) is 1.22. The number of amides is 1. The minimum atomic E-state index is -0.206. The summed E-state index contributed by atoms with van der Waals surface area (Å²) in [4.78, 5) is 24.7. The van der Waals surface area contributed by atoms with Crippen molar-refractivity contribution in [2.24, 2.45) is 0 Å². The van der Waals surface area contributed by atoms with E-state index in [1.165, 1.54) is 0 Å². The van der Waals surface area contributed by atoms with E-state index in [0.29, 0.717) is 16.9 Å². The third-order valence-corrected chi connectivity index (χ3v) is 3.63. The Morgan fingerprint density at radius 3 is 2.00 bits per heavy atom. The Kier molecular flexibility index (Phi) is 4.77. The van der Waals surface area contributed by atoms with E-state index in [1.807, 2.05) is 48.5 Å². The van der Waals surface area contributed by atoms with Crippen LogP contribution in [0.25, 0.3) is 0 Å². The summed E-state index contributed by atoms with van der Waals surface area (Å²) in [5, 5.41) is 2.86. The predicted molar refractivity (Wildman–Crippen MR) is 91.8 cm³/mol. The van der Waals surface area contributed by atoms with Crippen molar-refractivity contribution in [3.63, 3.8) is 0 Å². The number of nitrogens with zero attached hydrogens (tertiary/aromatic N) is 1.